The first-order valence-corrected chi connectivity index (χ1v) is 16.9. The van der Waals surface area contributed by atoms with E-state index in [0.29, 0.717) is 22.6 Å². The van der Waals surface area contributed by atoms with Gasteiger partial charge >= 0.3 is 6.09 Å². The van der Waals surface area contributed by atoms with Crippen molar-refractivity contribution in [2.75, 3.05) is 18.6 Å². The van der Waals surface area contributed by atoms with Crippen molar-refractivity contribution < 1.29 is 32.6 Å². The molecule has 2 atom stereocenters. The average Bonchev–Trinajstić information content (AvgIpc) is 3.50. The van der Waals surface area contributed by atoms with E-state index in [2.05, 4.69) is 4.72 Å². The second-order valence-electron chi connectivity index (χ2n) is 12.8. The molecule has 3 aromatic carbocycles. The molecule has 1 unspecified atom stereocenters. The number of hydrogen-bond acceptors (Lipinski definition) is 8. The number of carbonyl (C=O) groups excluding carboxylic acids is 2. The first-order valence-electron chi connectivity index (χ1n) is 15.0. The fraction of sp³-hybridized carbons (Fsp3) is 0.412. The smallest absolute Gasteiger partial charge is 0.404 e. The number of nitrogens with two attached hydrogens (primary N) is 2. The van der Waals surface area contributed by atoms with E-state index < -0.39 is 39.1 Å². The second-order valence-corrected chi connectivity index (χ2v) is 14.6. The van der Waals surface area contributed by atoms with E-state index in [0.717, 1.165) is 48.6 Å². The number of anilines is 1. The van der Waals surface area contributed by atoms with Crippen molar-refractivity contribution in [2.24, 2.45) is 11.1 Å². The van der Waals surface area contributed by atoms with Crippen molar-refractivity contribution in [2.45, 2.75) is 70.5 Å². The molecule has 0 bridgehead atoms. The Morgan fingerprint density at radius 1 is 0.978 bits per heavy atom. The Bertz CT molecular complexity index is 1610. The number of amides is 2. The largest absolute Gasteiger partial charge is 0.487 e. The molecule has 4 rings (SSSR count). The fourth-order valence-electron chi connectivity index (χ4n) is 5.92. The zero-order valence-corrected chi connectivity index (χ0v) is 27.0. The van der Waals surface area contributed by atoms with Crippen LogP contribution in [0.4, 0.5) is 10.5 Å². The Hall–Kier alpha value is -4.09. The number of carbonyl (C=O) groups is 2. The molecule has 0 aromatic heterocycles. The molecule has 3 aromatic rings. The summed E-state index contributed by atoms with van der Waals surface area (Å²) in [4.78, 5) is 24.3. The molecule has 1 aliphatic carbocycles. The lowest BCUT2D eigenvalue weighted by molar-refractivity contribution is -0.0979. The summed E-state index contributed by atoms with van der Waals surface area (Å²) < 4.78 is 36.9. The average molecular weight is 638 g/mol. The molecule has 2 amide bonds. The monoisotopic (exact) mass is 637 g/mol. The van der Waals surface area contributed by atoms with Gasteiger partial charge in [0.05, 0.1) is 11.9 Å². The molecule has 11 heteroatoms. The Balaban J connectivity index is 1.60. The number of nitrogen functional groups attached to an aromatic ring is 1. The van der Waals surface area contributed by atoms with Crippen molar-refractivity contribution in [3.63, 3.8) is 0 Å². The van der Waals surface area contributed by atoms with E-state index in [1.54, 1.807) is 48.5 Å². The summed E-state index contributed by atoms with van der Waals surface area (Å²) in [7, 11) is -3.70. The standard InChI is InChI=1S/C34H43N3O7S/c1-33(2,3)34(40,25-12-14-26(35)15-13-25)20-28(21-43-32(36)39)44-27-16-9-22(10-17-27)24-11-18-29(31(38)37-45(4,41)42)30(19-24)23-7-5-6-8-23/h9-19,23,28,40H,5-8,20-21,35H2,1-4H3,(H2,36,39)(H,37,38)/t28?,34-/m0/s1. The Kier molecular flexibility index (Phi) is 10.1. The Morgan fingerprint density at radius 2 is 1.58 bits per heavy atom. The lowest BCUT2D eigenvalue weighted by Crippen LogP contribution is -2.45. The summed E-state index contributed by atoms with van der Waals surface area (Å²) in [6.45, 7) is 5.58. The molecule has 0 heterocycles. The van der Waals surface area contributed by atoms with Crippen LogP contribution in [-0.2, 0) is 20.4 Å². The minimum Gasteiger partial charge on any atom is -0.487 e. The van der Waals surface area contributed by atoms with Crippen molar-refractivity contribution in [1.82, 2.24) is 4.72 Å². The maximum Gasteiger partial charge on any atom is 0.404 e. The highest BCUT2D eigenvalue weighted by atomic mass is 32.2. The SMILES string of the molecule is CC(C)(C)[C@](O)(CC(COC(N)=O)Oc1ccc(-c2ccc(C(=O)NS(C)(=O)=O)c(C3CCCC3)c2)cc1)c1ccc(N)cc1. The van der Waals surface area contributed by atoms with Gasteiger partial charge in [-0.2, -0.15) is 0 Å². The van der Waals surface area contributed by atoms with Gasteiger partial charge in [-0.25, -0.2) is 17.9 Å². The van der Waals surface area contributed by atoms with Gasteiger partial charge in [-0.15, -0.1) is 0 Å². The van der Waals surface area contributed by atoms with Crippen LogP contribution < -0.4 is 20.9 Å². The highest BCUT2D eigenvalue weighted by Crippen LogP contribution is 2.44. The molecule has 1 saturated carbocycles. The zero-order valence-electron chi connectivity index (χ0n) is 26.2. The van der Waals surface area contributed by atoms with E-state index in [9.17, 15) is 23.1 Å². The van der Waals surface area contributed by atoms with Crippen molar-refractivity contribution in [3.05, 3.63) is 83.4 Å². The number of aliphatic hydroxyl groups is 1. The molecule has 1 aliphatic rings. The summed E-state index contributed by atoms with van der Waals surface area (Å²) in [6, 6.07) is 19.8. The minimum atomic E-state index is -3.70. The molecule has 45 heavy (non-hydrogen) atoms. The molecular weight excluding hydrogens is 594 g/mol. The molecule has 0 spiro atoms. The quantitative estimate of drug-likeness (QED) is 0.201. The van der Waals surface area contributed by atoms with Crippen LogP contribution in [0.1, 0.15) is 80.3 Å². The van der Waals surface area contributed by atoms with Crippen LogP contribution >= 0.6 is 0 Å². The van der Waals surface area contributed by atoms with E-state index in [1.807, 2.05) is 39.0 Å². The van der Waals surface area contributed by atoms with Crippen LogP contribution in [0.15, 0.2) is 66.7 Å². The molecule has 0 radical (unpaired) electrons. The van der Waals surface area contributed by atoms with E-state index in [4.69, 9.17) is 20.9 Å². The summed E-state index contributed by atoms with van der Waals surface area (Å²) in [5.41, 5.74) is 13.3. The van der Waals surface area contributed by atoms with Gasteiger partial charge in [-0.1, -0.05) is 70.0 Å². The van der Waals surface area contributed by atoms with Crippen LogP contribution in [-0.4, -0.2) is 44.5 Å². The van der Waals surface area contributed by atoms with Crippen LogP contribution in [0.2, 0.25) is 0 Å². The molecule has 0 aliphatic heterocycles. The summed E-state index contributed by atoms with van der Waals surface area (Å²) in [5, 5.41) is 12.0. The van der Waals surface area contributed by atoms with Crippen molar-refractivity contribution >= 4 is 27.7 Å². The number of sulfonamides is 1. The van der Waals surface area contributed by atoms with E-state index >= 15 is 0 Å². The Labute approximate surface area is 265 Å². The fourth-order valence-corrected chi connectivity index (χ4v) is 6.37. The number of benzene rings is 3. The highest BCUT2D eigenvalue weighted by Gasteiger charge is 2.44. The van der Waals surface area contributed by atoms with Crippen LogP contribution in [0, 0.1) is 5.41 Å². The lowest BCUT2D eigenvalue weighted by atomic mass is 9.69. The third kappa shape index (κ3) is 8.55. The van der Waals surface area contributed by atoms with Gasteiger partial charge in [-0.3, -0.25) is 4.79 Å². The number of ether oxygens (including phenoxy) is 2. The molecule has 242 valence electrons. The third-order valence-corrected chi connectivity index (χ3v) is 8.98. The normalized spacial score (nSPS) is 16.0. The molecule has 10 nitrogen and oxygen atoms in total. The van der Waals surface area contributed by atoms with Gasteiger partial charge in [0.2, 0.25) is 10.0 Å². The molecular formula is C34H43N3O7S. The number of primary amides is 1. The molecule has 6 N–H and O–H groups in total. The summed E-state index contributed by atoms with van der Waals surface area (Å²) in [6.07, 6.45) is 3.34. The maximum atomic E-state index is 12.8. The lowest BCUT2D eigenvalue weighted by Gasteiger charge is -2.42. The van der Waals surface area contributed by atoms with Crippen molar-refractivity contribution in [3.8, 4) is 16.9 Å². The number of rotatable bonds is 11. The second kappa shape index (κ2) is 13.5. The topological polar surface area (TPSA) is 171 Å². The Morgan fingerprint density at radius 3 is 2.13 bits per heavy atom. The minimum absolute atomic E-state index is 0.0944. The predicted molar refractivity (Wildman–Crippen MR) is 174 cm³/mol. The number of nitrogens with one attached hydrogen (secondary N) is 1. The van der Waals surface area contributed by atoms with Crippen LogP contribution in [0.25, 0.3) is 11.1 Å². The van der Waals surface area contributed by atoms with Gasteiger partial charge in [0.1, 0.15) is 18.5 Å². The maximum absolute atomic E-state index is 12.8. The van der Waals surface area contributed by atoms with Gasteiger partial charge in [0.25, 0.3) is 5.91 Å². The van der Waals surface area contributed by atoms with Gasteiger partial charge in [-0.05, 0) is 76.8 Å². The summed E-state index contributed by atoms with van der Waals surface area (Å²) >= 11 is 0. The summed E-state index contributed by atoms with van der Waals surface area (Å²) in [5.74, 6) is 0.0279. The molecule has 0 saturated heterocycles. The van der Waals surface area contributed by atoms with Gasteiger partial charge in [0, 0.05) is 17.7 Å². The van der Waals surface area contributed by atoms with Crippen LogP contribution in [0.3, 0.4) is 0 Å². The third-order valence-electron chi connectivity index (χ3n) is 8.42. The first-order chi connectivity index (χ1) is 21.1. The number of hydrogen-bond donors (Lipinski definition) is 4. The highest BCUT2D eigenvalue weighted by molar-refractivity contribution is 7.89. The van der Waals surface area contributed by atoms with E-state index in [1.165, 1.54) is 0 Å². The van der Waals surface area contributed by atoms with Crippen LogP contribution in [0.5, 0.6) is 5.75 Å². The zero-order chi connectivity index (χ0) is 33.0. The van der Waals surface area contributed by atoms with Crippen molar-refractivity contribution in [1.29, 1.82) is 0 Å². The molecule has 1 fully saturated rings. The van der Waals surface area contributed by atoms with Gasteiger partial charge < -0.3 is 26.0 Å². The van der Waals surface area contributed by atoms with E-state index in [-0.39, 0.29) is 18.9 Å². The van der Waals surface area contributed by atoms with Gasteiger partial charge in [0.15, 0.2) is 0 Å². The first kappa shape index (κ1) is 33.8. The predicted octanol–water partition coefficient (Wildman–Crippen LogP) is 5.45.